The molecule has 0 fully saturated rings. The van der Waals surface area contributed by atoms with Gasteiger partial charge in [0.05, 0.1) is 0 Å². The Morgan fingerprint density at radius 1 is 1.62 bits per heavy atom. The van der Waals surface area contributed by atoms with Crippen molar-refractivity contribution in [1.82, 2.24) is 5.32 Å². The van der Waals surface area contributed by atoms with Crippen LogP contribution in [0.1, 0.15) is 18.5 Å². The third-order valence-electron chi connectivity index (χ3n) is 2.27. The van der Waals surface area contributed by atoms with Gasteiger partial charge in [0.15, 0.2) is 11.6 Å². The average molecular weight is 244 g/mol. The second-order valence-corrected chi connectivity index (χ2v) is 4.04. The van der Waals surface area contributed by atoms with E-state index in [1.54, 1.807) is 6.07 Å². The molecule has 0 aliphatic heterocycles. The molecule has 0 saturated carbocycles. The fourth-order valence-electron chi connectivity index (χ4n) is 1.23. The smallest absolute Gasteiger partial charge is 0.165 e. The zero-order valence-corrected chi connectivity index (χ0v) is 10.1. The minimum Gasteiger partial charge on any atom is -0.485 e. The van der Waals surface area contributed by atoms with Gasteiger partial charge in [0, 0.05) is 11.1 Å². The predicted molar refractivity (Wildman–Crippen MR) is 64.4 cm³/mol. The third-order valence-corrected chi connectivity index (χ3v) is 2.38. The average Bonchev–Trinajstić information content (AvgIpc) is 2.26. The normalized spacial score (nSPS) is 12.2. The SMILES string of the molecule is C=C(Cl)COc1ccc(C(C)NC)cc1F. The van der Waals surface area contributed by atoms with E-state index in [1.165, 1.54) is 6.07 Å². The molecule has 1 aromatic carbocycles. The molecule has 0 aromatic heterocycles. The Bertz CT molecular complexity index is 381. The molecule has 2 nitrogen and oxygen atoms in total. The summed E-state index contributed by atoms with van der Waals surface area (Å²) in [5, 5.41) is 3.38. The van der Waals surface area contributed by atoms with Crippen LogP contribution in [0.2, 0.25) is 0 Å². The Balaban J connectivity index is 2.79. The van der Waals surface area contributed by atoms with Gasteiger partial charge in [-0.3, -0.25) is 0 Å². The minimum atomic E-state index is -0.391. The van der Waals surface area contributed by atoms with Gasteiger partial charge in [-0.1, -0.05) is 24.2 Å². The molecule has 16 heavy (non-hydrogen) atoms. The lowest BCUT2D eigenvalue weighted by molar-refractivity contribution is 0.338. The summed E-state index contributed by atoms with van der Waals surface area (Å²) in [5.41, 5.74) is 0.872. The van der Waals surface area contributed by atoms with Gasteiger partial charge < -0.3 is 10.1 Å². The maximum atomic E-state index is 13.6. The number of nitrogens with one attached hydrogen (secondary N) is 1. The summed E-state index contributed by atoms with van der Waals surface area (Å²) in [5.74, 6) is -0.202. The van der Waals surface area contributed by atoms with E-state index in [9.17, 15) is 4.39 Å². The molecule has 0 heterocycles. The Morgan fingerprint density at radius 3 is 2.81 bits per heavy atom. The Labute approximate surface area is 100 Å². The van der Waals surface area contributed by atoms with Crippen LogP contribution in [0, 0.1) is 5.82 Å². The van der Waals surface area contributed by atoms with Crippen LogP contribution in [0.25, 0.3) is 0 Å². The van der Waals surface area contributed by atoms with Crippen molar-refractivity contribution in [1.29, 1.82) is 0 Å². The van der Waals surface area contributed by atoms with Crippen LogP contribution in [0.5, 0.6) is 5.75 Å². The topological polar surface area (TPSA) is 21.3 Å². The van der Waals surface area contributed by atoms with Crippen LogP contribution in [0.15, 0.2) is 29.8 Å². The molecule has 0 radical (unpaired) electrons. The minimum absolute atomic E-state index is 0.103. The molecule has 0 bridgehead atoms. The highest BCUT2D eigenvalue weighted by molar-refractivity contribution is 6.29. The molecule has 88 valence electrons. The first-order valence-corrected chi connectivity index (χ1v) is 5.35. The molecule has 0 saturated heterocycles. The molecule has 0 amide bonds. The first-order chi connectivity index (χ1) is 7.54. The van der Waals surface area contributed by atoms with E-state index in [0.717, 1.165) is 5.56 Å². The van der Waals surface area contributed by atoms with Crippen LogP contribution >= 0.6 is 11.6 Å². The van der Waals surface area contributed by atoms with E-state index in [-0.39, 0.29) is 18.4 Å². The van der Waals surface area contributed by atoms with E-state index in [1.807, 2.05) is 20.0 Å². The fraction of sp³-hybridized carbons (Fsp3) is 0.333. The molecule has 1 atom stereocenters. The summed E-state index contributed by atoms with van der Waals surface area (Å²) in [4.78, 5) is 0. The summed E-state index contributed by atoms with van der Waals surface area (Å²) in [6, 6.07) is 4.97. The zero-order chi connectivity index (χ0) is 12.1. The van der Waals surface area contributed by atoms with Crippen molar-refractivity contribution < 1.29 is 9.13 Å². The molecular weight excluding hydrogens is 229 g/mol. The quantitative estimate of drug-likeness (QED) is 0.857. The van der Waals surface area contributed by atoms with Crippen molar-refractivity contribution in [3.05, 3.63) is 41.2 Å². The molecule has 1 rings (SSSR count). The number of benzene rings is 1. The maximum Gasteiger partial charge on any atom is 0.165 e. The van der Waals surface area contributed by atoms with E-state index in [2.05, 4.69) is 11.9 Å². The zero-order valence-electron chi connectivity index (χ0n) is 9.39. The van der Waals surface area contributed by atoms with Gasteiger partial charge in [0.1, 0.15) is 6.61 Å². The highest BCUT2D eigenvalue weighted by Crippen LogP contribution is 2.22. The van der Waals surface area contributed by atoms with Gasteiger partial charge in [-0.2, -0.15) is 0 Å². The van der Waals surface area contributed by atoms with Crippen LogP contribution in [-0.4, -0.2) is 13.7 Å². The van der Waals surface area contributed by atoms with Crippen molar-refractivity contribution in [3.63, 3.8) is 0 Å². The van der Waals surface area contributed by atoms with E-state index in [4.69, 9.17) is 16.3 Å². The van der Waals surface area contributed by atoms with Gasteiger partial charge in [0.2, 0.25) is 0 Å². The van der Waals surface area contributed by atoms with Crippen molar-refractivity contribution in [3.8, 4) is 5.75 Å². The molecule has 0 aliphatic rings. The summed E-state index contributed by atoms with van der Waals surface area (Å²) in [6.07, 6.45) is 0. The van der Waals surface area contributed by atoms with Gasteiger partial charge in [-0.25, -0.2) is 4.39 Å². The number of hydrogen-bond acceptors (Lipinski definition) is 2. The van der Waals surface area contributed by atoms with E-state index < -0.39 is 5.82 Å². The van der Waals surface area contributed by atoms with Crippen LogP contribution in [0.3, 0.4) is 0 Å². The lowest BCUT2D eigenvalue weighted by Gasteiger charge is -2.12. The van der Waals surface area contributed by atoms with Crippen LogP contribution < -0.4 is 10.1 Å². The van der Waals surface area contributed by atoms with E-state index in [0.29, 0.717) is 5.03 Å². The Kier molecular flexibility index (Phi) is 4.77. The maximum absolute atomic E-state index is 13.6. The summed E-state index contributed by atoms with van der Waals surface area (Å²) < 4.78 is 18.7. The second kappa shape index (κ2) is 5.87. The Morgan fingerprint density at radius 2 is 2.31 bits per heavy atom. The van der Waals surface area contributed by atoms with E-state index >= 15 is 0 Å². The van der Waals surface area contributed by atoms with Gasteiger partial charge in [-0.05, 0) is 31.7 Å². The highest BCUT2D eigenvalue weighted by atomic mass is 35.5. The number of rotatable bonds is 5. The van der Waals surface area contributed by atoms with Crippen LogP contribution in [0.4, 0.5) is 4.39 Å². The first kappa shape index (κ1) is 13.0. The first-order valence-electron chi connectivity index (χ1n) is 4.97. The lowest BCUT2D eigenvalue weighted by Crippen LogP contribution is -2.12. The van der Waals surface area contributed by atoms with Crippen molar-refractivity contribution >= 4 is 11.6 Å². The largest absolute Gasteiger partial charge is 0.485 e. The van der Waals surface area contributed by atoms with Crippen LogP contribution in [-0.2, 0) is 0 Å². The third kappa shape index (κ3) is 3.51. The molecule has 4 heteroatoms. The number of hydrogen-bond donors (Lipinski definition) is 1. The predicted octanol–water partition coefficient (Wildman–Crippen LogP) is 3.24. The van der Waals surface area contributed by atoms with Gasteiger partial charge in [-0.15, -0.1) is 0 Å². The molecule has 0 aliphatic carbocycles. The molecule has 1 unspecified atom stereocenters. The summed E-state index contributed by atoms with van der Waals surface area (Å²) in [6.45, 7) is 5.53. The molecular formula is C12H15ClFNO. The number of ether oxygens (including phenoxy) is 1. The number of halogens is 2. The van der Waals surface area contributed by atoms with Crippen molar-refractivity contribution in [2.45, 2.75) is 13.0 Å². The second-order valence-electron chi connectivity index (χ2n) is 3.51. The van der Waals surface area contributed by atoms with Gasteiger partial charge in [0.25, 0.3) is 0 Å². The van der Waals surface area contributed by atoms with Crippen molar-refractivity contribution in [2.75, 3.05) is 13.7 Å². The standard InChI is InChI=1S/C12H15ClFNO/c1-8(13)7-16-12-5-4-10(6-11(12)14)9(2)15-3/h4-6,9,15H,1,7H2,2-3H3. The lowest BCUT2D eigenvalue weighted by atomic mass is 10.1. The summed E-state index contributed by atoms with van der Waals surface area (Å²) in [7, 11) is 1.82. The monoisotopic (exact) mass is 243 g/mol. The fourth-order valence-corrected chi connectivity index (χ4v) is 1.28. The summed E-state index contributed by atoms with van der Waals surface area (Å²) >= 11 is 5.53. The highest BCUT2D eigenvalue weighted by Gasteiger charge is 2.08. The molecule has 1 aromatic rings. The van der Waals surface area contributed by atoms with Crippen molar-refractivity contribution in [2.24, 2.45) is 0 Å². The molecule has 1 N–H and O–H groups in total. The van der Waals surface area contributed by atoms with Gasteiger partial charge >= 0.3 is 0 Å². The Hall–Kier alpha value is -1.06. The molecule has 0 spiro atoms.